The van der Waals surface area contributed by atoms with Crippen molar-refractivity contribution in [3.8, 4) is 0 Å². The molecule has 2 amide bonds. The molecule has 0 saturated carbocycles. The molecule has 1 atom stereocenters. The zero-order chi connectivity index (χ0) is 20.9. The predicted molar refractivity (Wildman–Crippen MR) is 106 cm³/mol. The Kier molecular flexibility index (Phi) is 4.09. The number of para-hydroxylation sites is 3. The lowest BCUT2D eigenvalue weighted by Gasteiger charge is -2.47. The first-order valence-electron chi connectivity index (χ1n) is 9.82. The van der Waals surface area contributed by atoms with E-state index in [2.05, 4.69) is 4.98 Å². The first kappa shape index (κ1) is 18.4. The lowest BCUT2D eigenvalue weighted by atomic mass is 9.96. The number of fused-ring (bicyclic) bond motifs is 4. The highest BCUT2D eigenvalue weighted by atomic mass is 16.5. The van der Waals surface area contributed by atoms with E-state index in [0.717, 1.165) is 0 Å². The Bertz CT molecular complexity index is 1150. The number of anilines is 1. The molecule has 2 aliphatic heterocycles. The van der Waals surface area contributed by atoms with Crippen molar-refractivity contribution >= 4 is 34.6 Å². The van der Waals surface area contributed by atoms with Gasteiger partial charge in [0.25, 0.3) is 5.91 Å². The Morgan fingerprint density at radius 3 is 2.73 bits per heavy atom. The van der Waals surface area contributed by atoms with E-state index in [1.54, 1.807) is 43.3 Å². The van der Waals surface area contributed by atoms with Gasteiger partial charge in [-0.05, 0) is 31.2 Å². The molecule has 1 saturated heterocycles. The number of nitrogens with zero attached hydrogens (tertiary/aromatic N) is 3. The maximum Gasteiger partial charge on any atom is 0.354 e. The quantitative estimate of drug-likeness (QED) is 0.620. The smallest absolute Gasteiger partial charge is 0.354 e. The van der Waals surface area contributed by atoms with Crippen LogP contribution >= 0.6 is 0 Å². The van der Waals surface area contributed by atoms with E-state index in [-0.39, 0.29) is 43.7 Å². The van der Waals surface area contributed by atoms with Gasteiger partial charge in [-0.25, -0.2) is 9.78 Å². The second kappa shape index (κ2) is 6.69. The Morgan fingerprint density at radius 2 is 1.93 bits per heavy atom. The summed E-state index contributed by atoms with van der Waals surface area (Å²) < 4.78 is 11.2. The Labute approximate surface area is 172 Å². The number of carbonyl (C=O) groups is 3. The molecule has 1 aromatic heterocycles. The number of oxazole rings is 1. The summed E-state index contributed by atoms with van der Waals surface area (Å²) in [5.41, 5.74) is 0.599. The molecule has 152 valence electrons. The summed E-state index contributed by atoms with van der Waals surface area (Å²) in [7, 11) is 0. The first-order valence-corrected chi connectivity index (χ1v) is 9.82. The molecule has 8 nitrogen and oxygen atoms in total. The van der Waals surface area contributed by atoms with Gasteiger partial charge < -0.3 is 14.1 Å². The van der Waals surface area contributed by atoms with Gasteiger partial charge in [0.2, 0.25) is 17.5 Å². The Hall–Kier alpha value is -3.68. The molecule has 30 heavy (non-hydrogen) atoms. The summed E-state index contributed by atoms with van der Waals surface area (Å²) in [4.78, 5) is 46.5. The lowest BCUT2D eigenvalue weighted by Crippen LogP contribution is -2.68. The average molecular weight is 405 g/mol. The maximum atomic E-state index is 13.4. The van der Waals surface area contributed by atoms with Gasteiger partial charge in [0, 0.05) is 19.4 Å². The van der Waals surface area contributed by atoms with Gasteiger partial charge in [0.1, 0.15) is 5.52 Å². The van der Waals surface area contributed by atoms with Gasteiger partial charge in [-0.1, -0.05) is 24.3 Å². The van der Waals surface area contributed by atoms with Crippen molar-refractivity contribution in [2.75, 3.05) is 11.4 Å². The zero-order valence-corrected chi connectivity index (χ0v) is 16.3. The number of hydrogen-bond acceptors (Lipinski definition) is 6. The van der Waals surface area contributed by atoms with Crippen LogP contribution in [0.4, 0.5) is 5.69 Å². The monoisotopic (exact) mass is 405 g/mol. The molecule has 0 aliphatic carbocycles. The molecule has 0 bridgehead atoms. The van der Waals surface area contributed by atoms with Crippen molar-refractivity contribution in [3.05, 3.63) is 60.0 Å². The average Bonchev–Trinajstić information content (AvgIpc) is 3.34. The normalized spacial score (nSPS) is 20.4. The Morgan fingerprint density at radius 1 is 1.17 bits per heavy atom. The number of esters is 1. The largest absolute Gasteiger partial charge is 0.453 e. The molecule has 5 rings (SSSR count). The van der Waals surface area contributed by atoms with Crippen LogP contribution in [-0.2, 0) is 20.9 Å². The summed E-state index contributed by atoms with van der Waals surface area (Å²) in [6.07, 6.45) is 0.322. The van der Waals surface area contributed by atoms with Gasteiger partial charge in [-0.2, -0.15) is 0 Å². The van der Waals surface area contributed by atoms with E-state index in [1.807, 2.05) is 12.1 Å². The second-order valence-corrected chi connectivity index (χ2v) is 7.26. The third-order valence-corrected chi connectivity index (χ3v) is 5.68. The fraction of sp³-hybridized carbons (Fsp3) is 0.273. The molecular formula is C22H19N3O5. The van der Waals surface area contributed by atoms with Crippen molar-refractivity contribution in [3.63, 3.8) is 0 Å². The third kappa shape index (κ3) is 2.46. The molecule has 2 aromatic carbocycles. The van der Waals surface area contributed by atoms with Crippen LogP contribution in [0, 0.1) is 0 Å². The SMILES string of the molecule is CCN1C(=O)c2ccccc2N2C(=O)CC[C@]12C(=O)OCc1nc2ccccc2o1. The number of rotatable bonds is 4. The predicted octanol–water partition coefficient (Wildman–Crippen LogP) is 2.87. The van der Waals surface area contributed by atoms with Gasteiger partial charge in [-0.3, -0.25) is 14.5 Å². The highest BCUT2D eigenvalue weighted by Gasteiger charge is 2.61. The topological polar surface area (TPSA) is 93.0 Å². The van der Waals surface area contributed by atoms with Crippen LogP contribution in [0.3, 0.4) is 0 Å². The molecule has 8 heteroatoms. The minimum absolute atomic E-state index is 0.149. The van der Waals surface area contributed by atoms with Crippen LogP contribution in [0.25, 0.3) is 11.1 Å². The number of benzene rings is 2. The van der Waals surface area contributed by atoms with Crippen LogP contribution in [0.2, 0.25) is 0 Å². The highest BCUT2D eigenvalue weighted by molar-refractivity contribution is 6.15. The van der Waals surface area contributed by atoms with Gasteiger partial charge in [0.15, 0.2) is 12.2 Å². The number of likely N-dealkylation sites (N-methyl/N-ethyl adjacent to an activating group) is 1. The minimum atomic E-state index is -1.50. The van der Waals surface area contributed by atoms with Crippen molar-refractivity contribution < 1.29 is 23.5 Å². The van der Waals surface area contributed by atoms with Crippen molar-refractivity contribution in [2.45, 2.75) is 32.0 Å². The fourth-order valence-electron chi connectivity index (χ4n) is 4.40. The molecule has 0 N–H and O–H groups in total. The highest BCUT2D eigenvalue weighted by Crippen LogP contribution is 2.45. The van der Waals surface area contributed by atoms with E-state index >= 15 is 0 Å². The van der Waals surface area contributed by atoms with E-state index in [1.165, 1.54) is 9.80 Å². The van der Waals surface area contributed by atoms with Gasteiger partial charge in [-0.15, -0.1) is 0 Å². The van der Waals surface area contributed by atoms with Crippen molar-refractivity contribution in [2.24, 2.45) is 0 Å². The van der Waals surface area contributed by atoms with Gasteiger partial charge in [0.05, 0.1) is 11.3 Å². The minimum Gasteiger partial charge on any atom is -0.453 e. The summed E-state index contributed by atoms with van der Waals surface area (Å²) in [5, 5.41) is 0. The van der Waals surface area contributed by atoms with Crippen LogP contribution in [0.15, 0.2) is 52.9 Å². The zero-order valence-electron chi connectivity index (χ0n) is 16.3. The van der Waals surface area contributed by atoms with Crippen molar-refractivity contribution in [1.82, 2.24) is 9.88 Å². The van der Waals surface area contributed by atoms with Crippen LogP contribution in [0.1, 0.15) is 36.0 Å². The summed E-state index contributed by atoms with van der Waals surface area (Å²) >= 11 is 0. The van der Waals surface area contributed by atoms with E-state index in [0.29, 0.717) is 22.4 Å². The molecule has 2 aliphatic rings. The van der Waals surface area contributed by atoms with E-state index in [9.17, 15) is 14.4 Å². The third-order valence-electron chi connectivity index (χ3n) is 5.68. The molecular weight excluding hydrogens is 386 g/mol. The molecule has 0 spiro atoms. The Balaban J connectivity index is 1.51. The molecule has 0 radical (unpaired) electrons. The maximum absolute atomic E-state index is 13.4. The summed E-state index contributed by atoms with van der Waals surface area (Å²) in [5.74, 6) is -0.923. The first-order chi connectivity index (χ1) is 14.6. The van der Waals surface area contributed by atoms with Gasteiger partial charge >= 0.3 is 5.97 Å². The van der Waals surface area contributed by atoms with Crippen molar-refractivity contribution in [1.29, 1.82) is 0 Å². The molecule has 0 unspecified atom stereocenters. The molecule has 3 aromatic rings. The van der Waals surface area contributed by atoms with Crippen LogP contribution < -0.4 is 4.90 Å². The number of amides is 2. The van der Waals surface area contributed by atoms with Crippen LogP contribution in [-0.4, -0.2) is 39.9 Å². The number of carbonyl (C=O) groups excluding carboxylic acids is 3. The molecule has 1 fully saturated rings. The molecule has 3 heterocycles. The number of ether oxygens (including phenoxy) is 1. The van der Waals surface area contributed by atoms with Crippen LogP contribution in [0.5, 0.6) is 0 Å². The lowest BCUT2D eigenvalue weighted by molar-refractivity contribution is -0.159. The number of hydrogen-bond donors (Lipinski definition) is 0. The fourth-order valence-corrected chi connectivity index (χ4v) is 4.40. The second-order valence-electron chi connectivity index (χ2n) is 7.26. The van der Waals surface area contributed by atoms with E-state index < -0.39 is 11.6 Å². The summed E-state index contributed by atoms with van der Waals surface area (Å²) in [6, 6.07) is 14.1. The summed E-state index contributed by atoms with van der Waals surface area (Å²) in [6.45, 7) is 1.85. The standard InChI is InChI=1S/C22H19N3O5/c1-2-24-20(27)14-7-3-5-9-16(14)25-19(26)11-12-22(24,25)21(28)29-13-18-23-15-8-4-6-10-17(15)30-18/h3-10H,2,11-13H2,1H3/t22-/m0/s1. The number of aromatic nitrogens is 1. The van der Waals surface area contributed by atoms with E-state index in [4.69, 9.17) is 9.15 Å².